The third-order valence-corrected chi connectivity index (χ3v) is 6.33. The lowest BCUT2D eigenvalue weighted by atomic mass is 10.2. The van der Waals surface area contributed by atoms with Crippen LogP contribution < -0.4 is 15.3 Å². The first kappa shape index (κ1) is 12.2. The van der Waals surface area contributed by atoms with Crippen molar-refractivity contribution in [2.24, 2.45) is 0 Å². The molecular formula is C13H10ClO2PS. The Bertz CT molecular complexity index is 644. The van der Waals surface area contributed by atoms with E-state index in [4.69, 9.17) is 28.1 Å². The van der Waals surface area contributed by atoms with Crippen LogP contribution in [0.2, 0.25) is 5.02 Å². The molecule has 1 heterocycles. The van der Waals surface area contributed by atoms with Crippen molar-refractivity contribution in [3.8, 4) is 11.5 Å². The molecule has 2 aromatic carbocycles. The Hall–Kier alpha value is -0.860. The highest BCUT2D eigenvalue weighted by atomic mass is 35.5. The maximum absolute atomic E-state index is 10.7. The van der Waals surface area contributed by atoms with Gasteiger partial charge in [0.15, 0.2) is 0 Å². The fraction of sp³-hybridized carbons (Fsp3) is 0.0769. The van der Waals surface area contributed by atoms with Gasteiger partial charge in [-0.15, -0.1) is 0 Å². The zero-order valence-electron chi connectivity index (χ0n) is 9.55. The van der Waals surface area contributed by atoms with Crippen LogP contribution in [0.5, 0.6) is 11.5 Å². The second kappa shape index (κ2) is 4.07. The highest BCUT2D eigenvalue weighted by Crippen LogP contribution is 2.49. The van der Waals surface area contributed by atoms with Crippen molar-refractivity contribution in [3.63, 3.8) is 0 Å². The molecule has 18 heavy (non-hydrogen) atoms. The third kappa shape index (κ3) is 1.79. The molecule has 0 saturated heterocycles. The van der Waals surface area contributed by atoms with Crippen molar-refractivity contribution in [2.45, 2.75) is 6.92 Å². The van der Waals surface area contributed by atoms with E-state index in [2.05, 4.69) is 0 Å². The minimum Gasteiger partial charge on any atom is -0.456 e. The highest BCUT2D eigenvalue weighted by molar-refractivity contribution is 8.19. The average molecular weight is 297 g/mol. The summed E-state index contributed by atoms with van der Waals surface area (Å²) in [5, 5.41) is 1.88. The molecule has 0 spiro atoms. The smallest absolute Gasteiger partial charge is 0.138 e. The van der Waals surface area contributed by atoms with Crippen LogP contribution in [0.25, 0.3) is 0 Å². The number of ether oxygens (including phenoxy) is 1. The molecule has 0 bridgehead atoms. The van der Waals surface area contributed by atoms with Gasteiger partial charge < -0.3 is 9.63 Å². The van der Waals surface area contributed by atoms with Gasteiger partial charge in [-0.1, -0.05) is 35.0 Å². The molecule has 1 aliphatic rings. The van der Waals surface area contributed by atoms with Crippen molar-refractivity contribution in [2.75, 3.05) is 0 Å². The summed E-state index contributed by atoms with van der Waals surface area (Å²) in [7, 11) is 0. The molecule has 0 radical (unpaired) electrons. The first-order valence-corrected chi connectivity index (χ1v) is 8.54. The van der Waals surface area contributed by atoms with Gasteiger partial charge in [0, 0.05) is 5.02 Å². The van der Waals surface area contributed by atoms with Gasteiger partial charge in [-0.05, 0) is 37.3 Å². The fourth-order valence-corrected chi connectivity index (χ4v) is 4.91. The van der Waals surface area contributed by atoms with Gasteiger partial charge in [0.2, 0.25) is 0 Å². The van der Waals surface area contributed by atoms with Gasteiger partial charge in [0.1, 0.15) is 17.8 Å². The molecule has 3 rings (SSSR count). The second-order valence-electron chi connectivity index (χ2n) is 4.26. The van der Waals surface area contributed by atoms with E-state index in [9.17, 15) is 4.89 Å². The largest absolute Gasteiger partial charge is 0.456 e. The highest BCUT2D eigenvalue weighted by Gasteiger charge is 2.31. The minimum absolute atomic E-state index is 0.553. The van der Waals surface area contributed by atoms with Gasteiger partial charge in [-0.3, -0.25) is 0 Å². The Labute approximate surface area is 115 Å². The van der Waals surface area contributed by atoms with Gasteiger partial charge in [0.25, 0.3) is 0 Å². The first-order valence-electron chi connectivity index (χ1n) is 5.40. The van der Waals surface area contributed by atoms with E-state index < -0.39 is 6.26 Å². The van der Waals surface area contributed by atoms with Crippen LogP contribution in [-0.4, -0.2) is 4.89 Å². The van der Waals surface area contributed by atoms with Crippen LogP contribution >= 0.6 is 17.9 Å². The number of rotatable bonds is 0. The zero-order valence-corrected chi connectivity index (χ0v) is 12.0. The quantitative estimate of drug-likeness (QED) is 0.758. The summed E-state index contributed by atoms with van der Waals surface area (Å²) in [4.78, 5) is 10.7. The Morgan fingerprint density at radius 3 is 2.44 bits per heavy atom. The topological polar surface area (TPSA) is 29.5 Å². The maximum Gasteiger partial charge on any atom is 0.138 e. The molecule has 1 atom stereocenters. The number of hydrogen-bond donors (Lipinski definition) is 1. The number of halogens is 1. The predicted octanol–water partition coefficient (Wildman–Crippen LogP) is 3.09. The molecule has 5 heteroatoms. The summed E-state index contributed by atoms with van der Waals surface area (Å²) in [6, 6.07) is 10.9. The summed E-state index contributed by atoms with van der Waals surface area (Å²) in [6.45, 7) is 1.96. The normalized spacial score (nSPS) is 20.8. The number of hydrogen-bond acceptors (Lipinski definition) is 2. The molecule has 0 saturated carbocycles. The van der Waals surface area contributed by atoms with Gasteiger partial charge >= 0.3 is 0 Å². The lowest BCUT2D eigenvalue weighted by Crippen LogP contribution is -2.24. The van der Waals surface area contributed by atoms with Crippen LogP contribution in [0.1, 0.15) is 5.56 Å². The maximum atomic E-state index is 10.7. The summed E-state index contributed by atoms with van der Waals surface area (Å²) in [5.74, 6) is 1.24. The van der Waals surface area contributed by atoms with Crippen LogP contribution in [-0.2, 0) is 11.8 Å². The van der Waals surface area contributed by atoms with E-state index in [-0.39, 0.29) is 0 Å². The van der Waals surface area contributed by atoms with E-state index in [0.717, 1.165) is 5.56 Å². The Kier molecular flexibility index (Phi) is 2.76. The Morgan fingerprint density at radius 2 is 1.72 bits per heavy atom. The second-order valence-corrected chi connectivity index (χ2v) is 8.40. The summed E-state index contributed by atoms with van der Waals surface area (Å²) in [5.41, 5.74) is 1.05. The average Bonchev–Trinajstić information content (AvgIpc) is 2.32. The van der Waals surface area contributed by atoms with Crippen LogP contribution in [0.3, 0.4) is 0 Å². The van der Waals surface area contributed by atoms with Crippen LogP contribution in [0.15, 0.2) is 36.4 Å². The molecular weight excluding hydrogens is 287 g/mol. The zero-order chi connectivity index (χ0) is 12.9. The molecule has 0 fully saturated rings. The van der Waals surface area contributed by atoms with Gasteiger partial charge in [0.05, 0.1) is 10.6 Å². The van der Waals surface area contributed by atoms with E-state index in [1.807, 2.05) is 25.1 Å². The standard InChI is InChI=1S/C13H10ClO2PS/c1-8-2-4-10-12(6-8)17(15,18)13-7-9(14)3-5-11(13)16-10/h2-7H,1H3,(H,15,18). The molecule has 1 unspecified atom stereocenters. The van der Waals surface area contributed by atoms with Gasteiger partial charge in [-0.25, -0.2) is 0 Å². The SMILES string of the molecule is Cc1ccc2c(c1)P(O)(=S)c1cc(Cl)ccc1O2. The van der Waals surface area contributed by atoms with E-state index in [1.165, 1.54) is 0 Å². The monoisotopic (exact) mass is 296 g/mol. The molecule has 1 N–H and O–H groups in total. The molecule has 1 aliphatic heterocycles. The summed E-state index contributed by atoms with van der Waals surface area (Å²) in [6.07, 6.45) is -2.80. The van der Waals surface area contributed by atoms with E-state index in [0.29, 0.717) is 27.1 Å². The molecule has 0 aliphatic carbocycles. The fourth-order valence-electron chi connectivity index (χ4n) is 2.01. The molecule has 2 aromatic rings. The minimum atomic E-state index is -2.80. The third-order valence-electron chi connectivity index (χ3n) is 2.91. The summed E-state index contributed by atoms with van der Waals surface area (Å²) < 4.78 is 5.77. The number of aryl methyl sites for hydroxylation is 1. The molecule has 0 aromatic heterocycles. The van der Waals surface area contributed by atoms with E-state index >= 15 is 0 Å². The predicted molar refractivity (Wildman–Crippen MR) is 78.5 cm³/mol. The summed E-state index contributed by atoms with van der Waals surface area (Å²) >= 11 is 11.4. The van der Waals surface area contributed by atoms with Crippen LogP contribution in [0, 0.1) is 6.92 Å². The molecule has 92 valence electrons. The first-order chi connectivity index (χ1) is 8.48. The van der Waals surface area contributed by atoms with Crippen molar-refractivity contribution in [1.82, 2.24) is 0 Å². The van der Waals surface area contributed by atoms with Crippen molar-refractivity contribution < 1.29 is 9.63 Å². The molecule has 2 nitrogen and oxygen atoms in total. The number of fused-ring (bicyclic) bond motifs is 2. The van der Waals surface area contributed by atoms with E-state index in [1.54, 1.807) is 18.2 Å². The Morgan fingerprint density at radius 1 is 1.11 bits per heavy atom. The van der Waals surface area contributed by atoms with Crippen LogP contribution in [0.4, 0.5) is 0 Å². The Balaban J connectivity index is 2.30. The molecule has 0 amide bonds. The lowest BCUT2D eigenvalue weighted by molar-refractivity contribution is 0.484. The number of benzene rings is 2. The van der Waals surface area contributed by atoms with Crippen molar-refractivity contribution in [3.05, 3.63) is 47.0 Å². The van der Waals surface area contributed by atoms with Gasteiger partial charge in [-0.2, -0.15) is 0 Å². The lowest BCUT2D eigenvalue weighted by Gasteiger charge is -2.27. The van der Waals surface area contributed by atoms with Crippen molar-refractivity contribution >= 4 is 40.3 Å². The van der Waals surface area contributed by atoms with Crippen molar-refractivity contribution in [1.29, 1.82) is 0 Å².